The number of H-pyrrole nitrogens is 1. The summed E-state index contributed by atoms with van der Waals surface area (Å²) in [4.78, 5) is 12.1. The van der Waals surface area contributed by atoms with Crippen molar-refractivity contribution in [1.82, 2.24) is 19.5 Å². The van der Waals surface area contributed by atoms with Gasteiger partial charge in [-0.1, -0.05) is 68.3 Å². The molecule has 0 bridgehead atoms. The number of aryl methyl sites for hydroxylation is 2. The third-order valence-electron chi connectivity index (χ3n) is 4.95. The average molecular weight is 575 g/mol. The summed E-state index contributed by atoms with van der Waals surface area (Å²) in [6.07, 6.45) is 3.54. The third-order valence-corrected chi connectivity index (χ3v) is 7.22. The number of halogens is 2. The topological polar surface area (TPSA) is 88.8 Å². The minimum Gasteiger partial charge on any atom is -0.454 e. The van der Waals surface area contributed by atoms with Crippen molar-refractivity contribution >= 4 is 54.8 Å². The Hall–Kier alpha value is -2.56. The van der Waals surface area contributed by atoms with Crippen molar-refractivity contribution in [3.05, 3.63) is 91.8 Å². The quantitative estimate of drug-likeness (QED) is 0.311. The lowest BCUT2D eigenvalue weighted by Crippen LogP contribution is -2.13. The zero-order valence-corrected chi connectivity index (χ0v) is 20.6. The number of thioether (sulfide) groups is 1. The zero-order chi connectivity index (χ0) is 22.1. The SMILES string of the molecule is N=c1ncn(CCc2ccccc2Br)c2nc(SC3=COC(c4ccccc4Br)O3)[nH]c12. The Morgan fingerprint density at radius 3 is 2.69 bits per heavy atom. The molecule has 1 atom stereocenters. The van der Waals surface area contributed by atoms with Gasteiger partial charge in [0.15, 0.2) is 16.3 Å². The third kappa shape index (κ3) is 4.35. The monoisotopic (exact) mass is 573 g/mol. The number of rotatable bonds is 6. The Morgan fingerprint density at radius 2 is 1.88 bits per heavy atom. The predicted molar refractivity (Wildman–Crippen MR) is 129 cm³/mol. The lowest BCUT2D eigenvalue weighted by Gasteiger charge is -2.12. The standard InChI is InChI=1S/C22H17Br2N5O2S/c23-15-7-3-1-5-13(15)9-10-29-12-26-19(25)18-20(29)28-22(27-18)32-17-11-30-21(31-17)14-6-2-4-8-16(14)24/h1-8,11-12,21,25H,9-10H2,(H,27,28). The van der Waals surface area contributed by atoms with Crippen LogP contribution >= 0.6 is 43.6 Å². The largest absolute Gasteiger partial charge is 0.454 e. The molecule has 0 aliphatic carbocycles. The van der Waals surface area contributed by atoms with E-state index in [4.69, 9.17) is 19.9 Å². The van der Waals surface area contributed by atoms with Crippen LogP contribution in [0.25, 0.3) is 11.2 Å². The highest BCUT2D eigenvalue weighted by molar-refractivity contribution is 9.10. The van der Waals surface area contributed by atoms with Crippen molar-refractivity contribution in [3.63, 3.8) is 0 Å². The Morgan fingerprint density at radius 1 is 1.09 bits per heavy atom. The second-order valence-electron chi connectivity index (χ2n) is 7.01. The number of imidazole rings is 1. The molecule has 5 rings (SSSR count). The predicted octanol–water partition coefficient (Wildman–Crippen LogP) is 5.64. The van der Waals surface area contributed by atoms with Gasteiger partial charge in [-0.2, -0.15) is 0 Å². The number of hydrogen-bond acceptors (Lipinski definition) is 6. The molecule has 7 nitrogen and oxygen atoms in total. The van der Waals surface area contributed by atoms with Crippen molar-refractivity contribution < 1.29 is 9.47 Å². The van der Waals surface area contributed by atoms with E-state index < -0.39 is 6.29 Å². The summed E-state index contributed by atoms with van der Waals surface area (Å²) < 4.78 is 15.6. The van der Waals surface area contributed by atoms with E-state index in [1.807, 2.05) is 47.0 Å². The summed E-state index contributed by atoms with van der Waals surface area (Å²) >= 11 is 8.44. The summed E-state index contributed by atoms with van der Waals surface area (Å²) in [6, 6.07) is 15.9. The first-order chi connectivity index (χ1) is 15.6. The second kappa shape index (κ2) is 9.13. The number of hydrogen-bond donors (Lipinski definition) is 2. The van der Waals surface area contributed by atoms with Crippen molar-refractivity contribution in [3.8, 4) is 0 Å². The number of fused-ring (bicyclic) bond motifs is 1. The molecule has 1 unspecified atom stereocenters. The first kappa shape index (κ1) is 21.3. The molecule has 4 aromatic rings. The van der Waals surface area contributed by atoms with Gasteiger partial charge in [0.05, 0.1) is 6.33 Å². The van der Waals surface area contributed by atoms with E-state index in [-0.39, 0.29) is 5.49 Å². The Balaban J connectivity index is 1.34. The molecule has 0 saturated carbocycles. The Labute approximate surface area is 204 Å². The normalized spacial score (nSPS) is 15.4. The molecule has 2 N–H and O–H groups in total. The fourth-order valence-electron chi connectivity index (χ4n) is 3.34. The van der Waals surface area contributed by atoms with E-state index in [9.17, 15) is 0 Å². The molecule has 0 radical (unpaired) electrons. The highest BCUT2D eigenvalue weighted by atomic mass is 79.9. The van der Waals surface area contributed by atoms with Crippen LogP contribution in [0.4, 0.5) is 0 Å². The molecule has 2 aromatic carbocycles. The number of nitrogens with one attached hydrogen (secondary N) is 2. The van der Waals surface area contributed by atoms with Gasteiger partial charge < -0.3 is 19.0 Å². The maximum absolute atomic E-state index is 8.17. The lowest BCUT2D eigenvalue weighted by molar-refractivity contribution is -0.0278. The van der Waals surface area contributed by atoms with Crippen LogP contribution in [0.2, 0.25) is 0 Å². The molecule has 32 heavy (non-hydrogen) atoms. The van der Waals surface area contributed by atoms with Crippen molar-refractivity contribution in [2.45, 2.75) is 24.4 Å². The maximum atomic E-state index is 8.17. The highest BCUT2D eigenvalue weighted by Gasteiger charge is 2.25. The van der Waals surface area contributed by atoms with Crippen molar-refractivity contribution in [2.75, 3.05) is 0 Å². The van der Waals surface area contributed by atoms with Gasteiger partial charge in [0.2, 0.25) is 5.09 Å². The maximum Gasteiger partial charge on any atom is 0.268 e. The first-order valence-corrected chi connectivity index (χ1v) is 12.2. The Kier molecular flexibility index (Phi) is 6.07. The summed E-state index contributed by atoms with van der Waals surface area (Å²) in [5, 5.41) is 9.37. The molecule has 1 aliphatic heterocycles. The fourth-order valence-corrected chi connectivity index (χ4v) is 5.01. The van der Waals surface area contributed by atoms with Crippen molar-refractivity contribution in [2.24, 2.45) is 0 Å². The van der Waals surface area contributed by atoms with Crippen LogP contribution in [0.15, 0.2) is 80.3 Å². The molecule has 0 fully saturated rings. The van der Waals surface area contributed by atoms with E-state index in [2.05, 4.69) is 47.9 Å². The molecular weight excluding hydrogens is 558 g/mol. The first-order valence-electron chi connectivity index (χ1n) is 9.76. The highest BCUT2D eigenvalue weighted by Crippen LogP contribution is 2.38. The van der Waals surface area contributed by atoms with Gasteiger partial charge in [-0.25, -0.2) is 9.97 Å². The van der Waals surface area contributed by atoms with Crippen LogP contribution in [0.3, 0.4) is 0 Å². The number of nitrogens with zero attached hydrogens (tertiary/aromatic N) is 3. The van der Waals surface area contributed by atoms with E-state index in [0.29, 0.717) is 28.0 Å². The van der Waals surface area contributed by atoms with Crippen LogP contribution in [-0.4, -0.2) is 19.5 Å². The second-order valence-corrected chi connectivity index (χ2v) is 9.72. The van der Waals surface area contributed by atoms with Crippen LogP contribution in [0.5, 0.6) is 0 Å². The smallest absolute Gasteiger partial charge is 0.268 e. The summed E-state index contributed by atoms with van der Waals surface area (Å²) in [7, 11) is 0. The van der Waals surface area contributed by atoms with E-state index in [1.54, 1.807) is 12.6 Å². The minimum absolute atomic E-state index is 0.153. The molecule has 3 heterocycles. The number of benzene rings is 2. The van der Waals surface area contributed by atoms with Gasteiger partial charge in [-0.3, -0.25) is 5.41 Å². The lowest BCUT2D eigenvalue weighted by atomic mass is 10.1. The zero-order valence-electron chi connectivity index (χ0n) is 16.6. The van der Waals surface area contributed by atoms with E-state index >= 15 is 0 Å². The molecule has 0 spiro atoms. The van der Waals surface area contributed by atoms with Crippen LogP contribution in [0, 0.1) is 5.41 Å². The Bertz CT molecular complexity index is 1380. The van der Waals surface area contributed by atoms with E-state index in [1.165, 1.54) is 17.3 Å². The molecule has 0 saturated heterocycles. The summed E-state index contributed by atoms with van der Waals surface area (Å²) in [5.74, 6) is 0. The number of ether oxygens (including phenoxy) is 2. The molecule has 1 aliphatic rings. The van der Waals surface area contributed by atoms with Gasteiger partial charge in [0.1, 0.15) is 11.8 Å². The summed E-state index contributed by atoms with van der Waals surface area (Å²) in [5.41, 5.74) is 3.53. The van der Waals surface area contributed by atoms with Crippen LogP contribution in [-0.2, 0) is 22.4 Å². The molecule has 2 aromatic heterocycles. The van der Waals surface area contributed by atoms with Crippen LogP contribution < -0.4 is 5.49 Å². The van der Waals surface area contributed by atoms with Gasteiger partial charge >= 0.3 is 0 Å². The molecule has 162 valence electrons. The molecule has 0 amide bonds. The summed E-state index contributed by atoms with van der Waals surface area (Å²) in [6.45, 7) is 0.688. The number of aromatic amines is 1. The van der Waals surface area contributed by atoms with Gasteiger partial charge in [-0.15, -0.1) is 0 Å². The average Bonchev–Trinajstić information content (AvgIpc) is 3.43. The molecular formula is C22H17Br2N5O2S. The van der Waals surface area contributed by atoms with Crippen molar-refractivity contribution in [1.29, 1.82) is 5.41 Å². The van der Waals surface area contributed by atoms with Gasteiger partial charge in [0.25, 0.3) is 6.29 Å². The minimum atomic E-state index is -0.514. The van der Waals surface area contributed by atoms with Crippen LogP contribution in [0.1, 0.15) is 17.4 Å². The van der Waals surface area contributed by atoms with E-state index in [0.717, 1.165) is 20.9 Å². The van der Waals surface area contributed by atoms with Gasteiger partial charge in [-0.05, 0) is 35.9 Å². The van der Waals surface area contributed by atoms with Gasteiger partial charge in [0, 0.05) is 21.1 Å². The molecule has 10 heteroatoms. The number of aromatic nitrogens is 4. The fraction of sp³-hybridized carbons (Fsp3) is 0.136.